The minimum Gasteiger partial charge on any atom is -0.463 e. The fourth-order valence-corrected chi connectivity index (χ4v) is 1.17. The highest BCUT2D eigenvalue weighted by molar-refractivity contribution is 5.66. The van der Waals surface area contributed by atoms with Crippen LogP contribution >= 0.6 is 0 Å². The normalized spacial score (nSPS) is 12.2. The molecular weight excluding hydrogens is 220 g/mol. The van der Waals surface area contributed by atoms with E-state index in [0.717, 1.165) is 18.4 Å². The summed E-state index contributed by atoms with van der Waals surface area (Å²) in [6.45, 7) is 6.43. The molecule has 17 heavy (non-hydrogen) atoms. The number of hydrogen-bond donors (Lipinski definition) is 0. The minimum atomic E-state index is -0.268. The second-order valence-electron chi connectivity index (χ2n) is 3.85. The van der Waals surface area contributed by atoms with Crippen LogP contribution in [0.2, 0.25) is 0 Å². The zero-order valence-electron chi connectivity index (χ0n) is 10.7. The van der Waals surface area contributed by atoms with Gasteiger partial charge in [-0.3, -0.25) is 9.59 Å². The Morgan fingerprint density at radius 2 is 1.82 bits per heavy atom. The number of carbonyl (C=O) groups excluding carboxylic acids is 2. The highest BCUT2D eigenvalue weighted by Gasteiger charge is 1.93. The van der Waals surface area contributed by atoms with Crippen molar-refractivity contribution in [3.8, 4) is 0 Å². The lowest BCUT2D eigenvalue weighted by Gasteiger charge is -2.01. The van der Waals surface area contributed by atoms with Gasteiger partial charge < -0.3 is 9.47 Å². The van der Waals surface area contributed by atoms with Gasteiger partial charge in [-0.25, -0.2) is 0 Å². The zero-order chi connectivity index (χ0) is 13.1. The van der Waals surface area contributed by atoms with Crippen LogP contribution in [-0.2, 0) is 19.1 Å². The molecule has 96 valence electrons. The summed E-state index contributed by atoms with van der Waals surface area (Å²) in [7, 11) is 0. The van der Waals surface area contributed by atoms with E-state index in [1.807, 2.05) is 26.0 Å². The van der Waals surface area contributed by atoms with Gasteiger partial charge in [0.1, 0.15) is 13.2 Å². The summed E-state index contributed by atoms with van der Waals surface area (Å²) in [5.74, 6) is -0.268. The molecule has 0 aliphatic heterocycles. The van der Waals surface area contributed by atoms with Crippen molar-refractivity contribution < 1.29 is 19.1 Å². The molecule has 4 nitrogen and oxygen atoms in total. The first-order valence-corrected chi connectivity index (χ1v) is 5.56. The van der Waals surface area contributed by atoms with Gasteiger partial charge in [0.15, 0.2) is 0 Å². The van der Waals surface area contributed by atoms with Crippen molar-refractivity contribution in [1.82, 2.24) is 0 Å². The molecule has 0 rings (SSSR count). The molecule has 4 heteroatoms. The van der Waals surface area contributed by atoms with E-state index < -0.39 is 0 Å². The number of carbonyl (C=O) groups is 2. The highest BCUT2D eigenvalue weighted by atomic mass is 16.5. The van der Waals surface area contributed by atoms with Crippen LogP contribution in [0.3, 0.4) is 0 Å². The molecule has 0 unspecified atom stereocenters. The van der Waals surface area contributed by atoms with Gasteiger partial charge in [-0.15, -0.1) is 0 Å². The average Bonchev–Trinajstić information content (AvgIpc) is 2.25. The van der Waals surface area contributed by atoms with Crippen LogP contribution in [-0.4, -0.2) is 25.7 Å². The Morgan fingerprint density at radius 3 is 2.41 bits per heavy atom. The summed E-state index contributed by atoms with van der Waals surface area (Å²) < 4.78 is 9.43. The molecule has 0 saturated carbocycles. The average molecular weight is 240 g/mol. The predicted molar refractivity (Wildman–Crippen MR) is 65.4 cm³/mol. The third-order valence-electron chi connectivity index (χ3n) is 2.13. The van der Waals surface area contributed by atoms with Gasteiger partial charge in [0.25, 0.3) is 6.47 Å². The molecule has 0 atom stereocenters. The van der Waals surface area contributed by atoms with Crippen LogP contribution in [0, 0.1) is 0 Å². The fourth-order valence-electron chi connectivity index (χ4n) is 1.17. The molecule has 0 radical (unpaired) electrons. The van der Waals surface area contributed by atoms with Crippen LogP contribution in [0.25, 0.3) is 0 Å². The lowest BCUT2D eigenvalue weighted by atomic mass is 10.1. The summed E-state index contributed by atoms with van der Waals surface area (Å²) in [6.07, 6.45) is 5.72. The third kappa shape index (κ3) is 10.7. The predicted octanol–water partition coefficient (Wildman–Crippen LogP) is 2.40. The fraction of sp³-hybridized carbons (Fsp3) is 0.538. The van der Waals surface area contributed by atoms with Crippen LogP contribution in [0.5, 0.6) is 0 Å². The second kappa shape index (κ2) is 9.63. The minimum absolute atomic E-state index is 0.268. The van der Waals surface area contributed by atoms with Crippen LogP contribution in [0.15, 0.2) is 23.3 Å². The van der Waals surface area contributed by atoms with Crippen molar-refractivity contribution in [2.45, 2.75) is 33.6 Å². The molecule has 0 bridgehead atoms. The summed E-state index contributed by atoms with van der Waals surface area (Å²) in [5.41, 5.74) is 2.21. The Labute approximate surface area is 102 Å². The quantitative estimate of drug-likeness (QED) is 0.371. The number of rotatable bonds is 8. The largest absolute Gasteiger partial charge is 0.463 e. The van der Waals surface area contributed by atoms with Gasteiger partial charge in [0.05, 0.1) is 0 Å². The number of esters is 1. The molecule has 0 saturated heterocycles. The van der Waals surface area contributed by atoms with Crippen molar-refractivity contribution in [2.75, 3.05) is 13.2 Å². The lowest BCUT2D eigenvalue weighted by molar-refractivity contribution is -0.139. The Hall–Kier alpha value is -1.58. The van der Waals surface area contributed by atoms with Crippen LogP contribution < -0.4 is 0 Å². The highest BCUT2D eigenvalue weighted by Crippen LogP contribution is 2.06. The van der Waals surface area contributed by atoms with Gasteiger partial charge >= 0.3 is 5.97 Å². The van der Waals surface area contributed by atoms with Crippen molar-refractivity contribution in [1.29, 1.82) is 0 Å². The first-order valence-electron chi connectivity index (χ1n) is 5.56. The van der Waals surface area contributed by atoms with Gasteiger partial charge in [0.2, 0.25) is 0 Å². The summed E-state index contributed by atoms with van der Waals surface area (Å²) >= 11 is 0. The maximum absolute atomic E-state index is 10.5. The molecule has 0 aliphatic carbocycles. The number of ether oxygens (including phenoxy) is 2. The smallest absolute Gasteiger partial charge is 0.302 e. The molecule has 0 amide bonds. The first-order chi connectivity index (χ1) is 8.06. The van der Waals surface area contributed by atoms with Crippen LogP contribution in [0.4, 0.5) is 0 Å². The molecule has 0 aromatic carbocycles. The Kier molecular flexibility index (Phi) is 8.74. The molecule has 0 aromatic heterocycles. The molecular formula is C13H20O4. The van der Waals surface area contributed by atoms with E-state index in [1.54, 1.807) is 0 Å². The van der Waals surface area contributed by atoms with E-state index >= 15 is 0 Å². The Balaban J connectivity index is 3.78. The zero-order valence-corrected chi connectivity index (χ0v) is 10.7. The third-order valence-corrected chi connectivity index (χ3v) is 2.13. The summed E-state index contributed by atoms with van der Waals surface area (Å²) in [5, 5.41) is 0. The van der Waals surface area contributed by atoms with E-state index in [-0.39, 0.29) is 5.97 Å². The number of hydrogen-bond acceptors (Lipinski definition) is 4. The van der Waals surface area contributed by atoms with E-state index in [9.17, 15) is 9.59 Å². The first kappa shape index (κ1) is 15.4. The Bertz CT molecular complexity index is 303. The van der Waals surface area contributed by atoms with Crippen molar-refractivity contribution in [2.24, 2.45) is 0 Å². The maximum Gasteiger partial charge on any atom is 0.302 e. The van der Waals surface area contributed by atoms with Crippen molar-refractivity contribution in [3.63, 3.8) is 0 Å². The van der Waals surface area contributed by atoms with Gasteiger partial charge in [0, 0.05) is 6.92 Å². The molecule has 0 aliphatic rings. The second-order valence-corrected chi connectivity index (χ2v) is 3.85. The topological polar surface area (TPSA) is 52.6 Å². The molecule has 0 heterocycles. The summed E-state index contributed by atoms with van der Waals surface area (Å²) in [6, 6.07) is 0. The van der Waals surface area contributed by atoms with Crippen LogP contribution in [0.1, 0.15) is 33.6 Å². The van der Waals surface area contributed by atoms with Gasteiger partial charge in [-0.05, 0) is 38.3 Å². The van der Waals surface area contributed by atoms with E-state index in [4.69, 9.17) is 4.74 Å². The monoisotopic (exact) mass is 240 g/mol. The lowest BCUT2D eigenvalue weighted by Crippen LogP contribution is -1.98. The number of allylic oxidation sites excluding steroid dienone is 2. The van der Waals surface area contributed by atoms with E-state index in [0.29, 0.717) is 19.7 Å². The van der Waals surface area contributed by atoms with E-state index in [2.05, 4.69) is 4.74 Å². The molecule has 0 N–H and O–H groups in total. The van der Waals surface area contributed by atoms with Gasteiger partial charge in [-0.1, -0.05) is 11.6 Å². The standard InChI is InChI=1S/C13H20O4/c1-11(7-8-17-13(3)15)5-4-6-12(2)9-16-10-14/h6-7,10H,4-5,8-9H2,1-3H3. The van der Waals surface area contributed by atoms with Crippen molar-refractivity contribution in [3.05, 3.63) is 23.3 Å². The summed E-state index contributed by atoms with van der Waals surface area (Å²) in [4.78, 5) is 20.5. The Morgan fingerprint density at radius 1 is 1.12 bits per heavy atom. The van der Waals surface area contributed by atoms with Gasteiger partial charge in [-0.2, -0.15) is 0 Å². The van der Waals surface area contributed by atoms with Crippen molar-refractivity contribution >= 4 is 12.4 Å². The molecule has 0 aromatic rings. The maximum atomic E-state index is 10.5. The SMILES string of the molecule is CC(=O)OCC=C(C)CCC=C(C)COC=O. The van der Waals surface area contributed by atoms with E-state index in [1.165, 1.54) is 12.5 Å². The molecule has 0 fully saturated rings. The molecule has 0 spiro atoms.